The molecule has 2 N–H and O–H groups in total. The number of hydrazone groups is 1. The summed E-state index contributed by atoms with van der Waals surface area (Å²) in [5.41, 5.74) is 4.19. The van der Waals surface area contributed by atoms with E-state index < -0.39 is 5.91 Å². The highest BCUT2D eigenvalue weighted by Gasteiger charge is 2.11. The molecular formula is C14H13N5O2. The van der Waals surface area contributed by atoms with E-state index in [1.807, 2.05) is 29.9 Å². The first-order valence-electron chi connectivity index (χ1n) is 6.28. The molecule has 7 nitrogen and oxygen atoms in total. The average Bonchev–Trinajstić information content (AvgIpc) is 3.19. The monoisotopic (exact) mass is 283 g/mol. The molecule has 0 radical (unpaired) electrons. The fourth-order valence-corrected chi connectivity index (χ4v) is 1.82. The molecule has 0 bridgehead atoms. The number of hydrogen-bond donors (Lipinski definition) is 2. The second-order valence-electron chi connectivity index (χ2n) is 4.39. The van der Waals surface area contributed by atoms with Crippen molar-refractivity contribution in [3.8, 4) is 11.5 Å². The minimum Gasteiger partial charge on any atom is -0.463 e. The molecule has 0 aliphatic heterocycles. The summed E-state index contributed by atoms with van der Waals surface area (Å²) in [6.45, 7) is 0. The molecule has 0 fully saturated rings. The molecule has 106 valence electrons. The van der Waals surface area contributed by atoms with Gasteiger partial charge in [-0.25, -0.2) is 5.43 Å². The quantitative estimate of drug-likeness (QED) is 0.565. The van der Waals surface area contributed by atoms with Gasteiger partial charge in [0.1, 0.15) is 5.69 Å². The molecule has 0 saturated carbocycles. The van der Waals surface area contributed by atoms with E-state index in [1.165, 1.54) is 0 Å². The molecule has 3 aromatic rings. The zero-order valence-corrected chi connectivity index (χ0v) is 11.3. The number of aromatic amines is 1. The molecule has 0 spiro atoms. The van der Waals surface area contributed by atoms with Crippen molar-refractivity contribution in [3.63, 3.8) is 0 Å². The Morgan fingerprint density at radius 3 is 3.10 bits per heavy atom. The van der Waals surface area contributed by atoms with Crippen LogP contribution in [0.2, 0.25) is 0 Å². The summed E-state index contributed by atoms with van der Waals surface area (Å²) in [6.07, 6.45) is 5.02. The van der Waals surface area contributed by atoms with Gasteiger partial charge in [-0.15, -0.1) is 0 Å². The van der Waals surface area contributed by atoms with Gasteiger partial charge in [0.05, 0.1) is 18.2 Å². The van der Waals surface area contributed by atoms with E-state index in [9.17, 15) is 4.79 Å². The van der Waals surface area contributed by atoms with Crippen LogP contribution in [0.25, 0.3) is 11.5 Å². The van der Waals surface area contributed by atoms with E-state index in [4.69, 9.17) is 4.42 Å². The smallest absolute Gasteiger partial charge is 0.291 e. The fraction of sp³-hybridized carbons (Fsp3) is 0.0714. The van der Waals surface area contributed by atoms with Crippen LogP contribution in [0.15, 0.2) is 52.3 Å². The summed E-state index contributed by atoms with van der Waals surface area (Å²) in [5, 5.41) is 10.6. The molecule has 3 aromatic heterocycles. The Balaban J connectivity index is 1.66. The van der Waals surface area contributed by atoms with Gasteiger partial charge in [0.25, 0.3) is 5.91 Å². The van der Waals surface area contributed by atoms with Crippen molar-refractivity contribution in [2.75, 3.05) is 0 Å². The molecule has 3 heterocycles. The normalized spacial score (nSPS) is 11.1. The minimum atomic E-state index is -0.394. The van der Waals surface area contributed by atoms with Gasteiger partial charge >= 0.3 is 0 Å². The third-order valence-electron chi connectivity index (χ3n) is 2.94. The Labute approximate surface area is 120 Å². The first-order chi connectivity index (χ1) is 10.2. The molecule has 0 saturated heterocycles. The zero-order chi connectivity index (χ0) is 14.7. The van der Waals surface area contributed by atoms with Crippen LogP contribution in [0.1, 0.15) is 16.2 Å². The Kier molecular flexibility index (Phi) is 3.38. The second-order valence-corrected chi connectivity index (χ2v) is 4.39. The summed E-state index contributed by atoms with van der Waals surface area (Å²) < 4.78 is 7.11. The topological polar surface area (TPSA) is 88.2 Å². The molecule has 7 heteroatoms. The largest absolute Gasteiger partial charge is 0.463 e. The molecular weight excluding hydrogens is 270 g/mol. The molecule has 0 aliphatic carbocycles. The Morgan fingerprint density at radius 2 is 2.38 bits per heavy atom. The van der Waals surface area contributed by atoms with Crippen molar-refractivity contribution < 1.29 is 9.21 Å². The van der Waals surface area contributed by atoms with Crippen LogP contribution in [0.4, 0.5) is 0 Å². The van der Waals surface area contributed by atoms with E-state index in [0.717, 1.165) is 5.69 Å². The van der Waals surface area contributed by atoms with Crippen LogP contribution in [-0.4, -0.2) is 26.9 Å². The highest BCUT2D eigenvalue weighted by atomic mass is 16.3. The fourth-order valence-electron chi connectivity index (χ4n) is 1.82. The standard InChI is InChI=1S/C14H13N5O2/c1-19-6-2-4-10(19)9-15-18-14(20)12-8-11(16-17-12)13-5-3-7-21-13/h2-9H,1H3,(H,16,17)(H,18,20). The SMILES string of the molecule is Cn1cccc1C=NNC(=O)c1cc(-c2ccco2)[nH]n1. The van der Waals surface area contributed by atoms with Crippen LogP contribution in [0.3, 0.4) is 0 Å². The molecule has 0 aliphatic rings. The van der Waals surface area contributed by atoms with E-state index in [0.29, 0.717) is 11.5 Å². The Bertz CT molecular complexity index is 767. The Hall–Kier alpha value is -3.09. The van der Waals surface area contributed by atoms with Crippen LogP contribution in [-0.2, 0) is 7.05 Å². The molecule has 21 heavy (non-hydrogen) atoms. The number of nitrogens with zero attached hydrogens (tertiary/aromatic N) is 3. The first kappa shape index (κ1) is 12.9. The van der Waals surface area contributed by atoms with E-state index in [1.54, 1.807) is 30.7 Å². The highest BCUT2D eigenvalue weighted by molar-refractivity contribution is 5.93. The molecule has 0 aromatic carbocycles. The summed E-state index contributed by atoms with van der Waals surface area (Å²) in [6, 6.07) is 8.93. The van der Waals surface area contributed by atoms with Crippen LogP contribution < -0.4 is 5.43 Å². The number of amides is 1. The molecule has 1 amide bonds. The number of carbonyl (C=O) groups excluding carboxylic acids is 1. The van der Waals surface area contributed by atoms with Crippen LogP contribution >= 0.6 is 0 Å². The second kappa shape index (κ2) is 5.49. The molecule has 0 atom stereocenters. The first-order valence-corrected chi connectivity index (χ1v) is 6.28. The van der Waals surface area contributed by atoms with Gasteiger partial charge in [0.15, 0.2) is 11.5 Å². The van der Waals surface area contributed by atoms with E-state index >= 15 is 0 Å². The minimum absolute atomic E-state index is 0.241. The number of rotatable bonds is 4. The lowest BCUT2D eigenvalue weighted by molar-refractivity contribution is 0.0950. The third-order valence-corrected chi connectivity index (χ3v) is 2.94. The van der Waals surface area contributed by atoms with Gasteiger partial charge in [-0.05, 0) is 24.3 Å². The number of nitrogens with one attached hydrogen (secondary N) is 2. The molecule has 0 unspecified atom stereocenters. The van der Waals surface area contributed by atoms with Gasteiger partial charge in [-0.3, -0.25) is 9.89 Å². The van der Waals surface area contributed by atoms with E-state index in [-0.39, 0.29) is 5.69 Å². The van der Waals surface area contributed by atoms with Crippen molar-refractivity contribution >= 4 is 12.1 Å². The van der Waals surface area contributed by atoms with Gasteiger partial charge in [0, 0.05) is 19.3 Å². The van der Waals surface area contributed by atoms with Gasteiger partial charge in [-0.2, -0.15) is 10.2 Å². The predicted octanol–water partition coefficient (Wildman–Crippen LogP) is 1.77. The lowest BCUT2D eigenvalue weighted by Gasteiger charge is -1.96. The van der Waals surface area contributed by atoms with Gasteiger partial charge < -0.3 is 8.98 Å². The maximum atomic E-state index is 11.9. The van der Waals surface area contributed by atoms with Crippen LogP contribution in [0, 0.1) is 0 Å². The Morgan fingerprint density at radius 1 is 1.48 bits per heavy atom. The predicted molar refractivity (Wildman–Crippen MR) is 76.8 cm³/mol. The number of aryl methyl sites for hydroxylation is 1. The molecule has 3 rings (SSSR count). The lowest BCUT2D eigenvalue weighted by Crippen LogP contribution is -2.18. The van der Waals surface area contributed by atoms with Crippen molar-refractivity contribution in [2.45, 2.75) is 0 Å². The maximum absolute atomic E-state index is 11.9. The summed E-state index contributed by atoms with van der Waals surface area (Å²) in [4.78, 5) is 11.9. The van der Waals surface area contributed by atoms with Crippen LogP contribution in [0.5, 0.6) is 0 Å². The summed E-state index contributed by atoms with van der Waals surface area (Å²) >= 11 is 0. The van der Waals surface area contributed by atoms with E-state index in [2.05, 4.69) is 20.7 Å². The summed E-state index contributed by atoms with van der Waals surface area (Å²) in [7, 11) is 1.90. The third kappa shape index (κ3) is 2.76. The number of aromatic nitrogens is 3. The number of carbonyl (C=O) groups is 1. The van der Waals surface area contributed by atoms with Crippen molar-refractivity contribution in [2.24, 2.45) is 12.1 Å². The maximum Gasteiger partial charge on any atom is 0.291 e. The average molecular weight is 283 g/mol. The van der Waals surface area contributed by atoms with Crippen molar-refractivity contribution in [1.82, 2.24) is 20.2 Å². The summed E-state index contributed by atoms with van der Waals surface area (Å²) in [5.74, 6) is 0.225. The zero-order valence-electron chi connectivity index (χ0n) is 11.3. The lowest BCUT2D eigenvalue weighted by atomic mass is 10.3. The number of furan rings is 1. The van der Waals surface area contributed by atoms with Crippen molar-refractivity contribution in [3.05, 3.63) is 54.2 Å². The van der Waals surface area contributed by atoms with Gasteiger partial charge in [0.2, 0.25) is 0 Å². The van der Waals surface area contributed by atoms with Crippen molar-refractivity contribution in [1.29, 1.82) is 0 Å². The number of H-pyrrole nitrogens is 1. The highest BCUT2D eigenvalue weighted by Crippen LogP contribution is 2.17. The van der Waals surface area contributed by atoms with Gasteiger partial charge in [-0.1, -0.05) is 0 Å². The number of hydrogen-bond acceptors (Lipinski definition) is 4.